The average Bonchev–Trinajstić information content (AvgIpc) is 2.77. The molecule has 2 heterocycles. The predicted molar refractivity (Wildman–Crippen MR) is 96.9 cm³/mol. The molecule has 2 rings (SSSR count). The lowest BCUT2D eigenvalue weighted by Gasteiger charge is -2.44. The molecule has 2 saturated heterocycles. The van der Waals surface area contributed by atoms with Crippen molar-refractivity contribution in [2.24, 2.45) is 0 Å². The van der Waals surface area contributed by atoms with Gasteiger partial charge in [-0.15, -0.1) is 0 Å². The lowest BCUT2D eigenvalue weighted by Crippen LogP contribution is -2.64. The lowest BCUT2D eigenvalue weighted by atomic mass is 9.98. The number of aliphatic hydroxyl groups excluding tert-OH is 6. The van der Waals surface area contributed by atoms with Crippen LogP contribution in [0, 0.1) is 0 Å². The fourth-order valence-corrected chi connectivity index (χ4v) is 3.02. The number of carbonyl (C=O) groups is 2. The standard InChI is InChI=1S/C18H30O13/c1-3-9(19)27-5-7-11(21)13(23)15(25)17(29-7)31-18-16(26)14(24)12(22)8(30-18)6-28-10(20)4-2/h7-8,11-18,21-26H,3-6H2,1-2H3/t7?,8?,11-,12-,13-,14-,15?,16?,17-,18-/m0/s1. The fraction of sp³-hybridized carbons (Fsp3) is 0.889. The van der Waals surface area contributed by atoms with E-state index in [2.05, 4.69) is 0 Å². The Kier molecular flexibility index (Phi) is 9.54. The highest BCUT2D eigenvalue weighted by molar-refractivity contribution is 5.69. The van der Waals surface area contributed by atoms with Crippen LogP contribution in [-0.4, -0.2) is 117 Å². The fourth-order valence-electron chi connectivity index (χ4n) is 3.02. The van der Waals surface area contributed by atoms with E-state index >= 15 is 0 Å². The molecule has 180 valence electrons. The first-order chi connectivity index (χ1) is 14.6. The van der Waals surface area contributed by atoms with Crippen molar-refractivity contribution in [2.45, 2.75) is 88.1 Å². The van der Waals surface area contributed by atoms with Gasteiger partial charge in [0.1, 0.15) is 62.0 Å². The first kappa shape index (κ1) is 25.8. The normalized spacial score (nSPS) is 40.9. The van der Waals surface area contributed by atoms with Gasteiger partial charge >= 0.3 is 11.9 Å². The molecule has 31 heavy (non-hydrogen) atoms. The molecule has 0 aliphatic carbocycles. The Morgan fingerprint density at radius 3 is 1.32 bits per heavy atom. The molecule has 0 saturated carbocycles. The maximum atomic E-state index is 11.3. The number of ether oxygens (including phenoxy) is 5. The number of aliphatic hydroxyl groups is 6. The van der Waals surface area contributed by atoms with Gasteiger partial charge in [0.15, 0.2) is 12.6 Å². The van der Waals surface area contributed by atoms with Crippen molar-refractivity contribution in [3.05, 3.63) is 0 Å². The highest BCUT2D eigenvalue weighted by Gasteiger charge is 2.50. The molecule has 10 atom stereocenters. The Bertz CT molecular complexity index is 551. The average molecular weight is 454 g/mol. The van der Waals surface area contributed by atoms with Crippen LogP contribution in [0.2, 0.25) is 0 Å². The predicted octanol–water partition coefficient (Wildman–Crippen LogP) is -3.48. The molecule has 2 aliphatic heterocycles. The Balaban J connectivity index is 2.06. The first-order valence-electron chi connectivity index (χ1n) is 9.96. The summed E-state index contributed by atoms with van der Waals surface area (Å²) >= 11 is 0. The first-order valence-corrected chi connectivity index (χ1v) is 9.96. The maximum Gasteiger partial charge on any atom is 0.305 e. The van der Waals surface area contributed by atoms with Crippen molar-refractivity contribution in [2.75, 3.05) is 13.2 Å². The molecule has 13 heteroatoms. The number of rotatable bonds is 8. The molecule has 2 aliphatic rings. The van der Waals surface area contributed by atoms with E-state index in [0.29, 0.717) is 0 Å². The second kappa shape index (κ2) is 11.4. The van der Waals surface area contributed by atoms with Crippen LogP contribution in [0.25, 0.3) is 0 Å². The van der Waals surface area contributed by atoms with E-state index in [-0.39, 0.29) is 12.8 Å². The minimum atomic E-state index is -1.79. The summed E-state index contributed by atoms with van der Waals surface area (Å²) in [5.74, 6) is -1.16. The summed E-state index contributed by atoms with van der Waals surface area (Å²) in [7, 11) is 0. The Morgan fingerprint density at radius 2 is 1.00 bits per heavy atom. The van der Waals surface area contributed by atoms with Crippen molar-refractivity contribution < 1.29 is 63.9 Å². The molecular formula is C18H30O13. The number of carbonyl (C=O) groups excluding carboxylic acids is 2. The molecule has 2 fully saturated rings. The van der Waals surface area contributed by atoms with E-state index in [4.69, 9.17) is 23.7 Å². The molecule has 0 bridgehead atoms. The van der Waals surface area contributed by atoms with Crippen LogP contribution in [0.4, 0.5) is 0 Å². The van der Waals surface area contributed by atoms with E-state index in [1.54, 1.807) is 13.8 Å². The van der Waals surface area contributed by atoms with Crippen molar-refractivity contribution in [3.8, 4) is 0 Å². The van der Waals surface area contributed by atoms with Crippen LogP contribution in [-0.2, 0) is 33.3 Å². The van der Waals surface area contributed by atoms with Gasteiger partial charge in [-0.2, -0.15) is 0 Å². The van der Waals surface area contributed by atoms with E-state index in [9.17, 15) is 40.2 Å². The van der Waals surface area contributed by atoms with Gasteiger partial charge in [-0.05, 0) is 0 Å². The van der Waals surface area contributed by atoms with Crippen molar-refractivity contribution in [1.82, 2.24) is 0 Å². The van der Waals surface area contributed by atoms with Crippen molar-refractivity contribution in [3.63, 3.8) is 0 Å². The van der Waals surface area contributed by atoms with Gasteiger partial charge in [0.25, 0.3) is 0 Å². The highest BCUT2D eigenvalue weighted by atomic mass is 16.8. The minimum absolute atomic E-state index is 0.0697. The van der Waals surface area contributed by atoms with Crippen molar-refractivity contribution in [1.29, 1.82) is 0 Å². The summed E-state index contributed by atoms with van der Waals surface area (Å²) in [4.78, 5) is 22.7. The SMILES string of the molecule is CCC(=O)OCC1O[C@@H](O[C@@H]2OC(COC(=O)CC)[C@H](O)[C@H](O)C2O)C(O)[C@@H](O)[C@H]1O. The molecule has 6 N–H and O–H groups in total. The smallest absolute Gasteiger partial charge is 0.305 e. The van der Waals surface area contributed by atoms with Crippen LogP contribution in [0.15, 0.2) is 0 Å². The Hall–Kier alpha value is -1.42. The highest BCUT2D eigenvalue weighted by Crippen LogP contribution is 2.28. The van der Waals surface area contributed by atoms with E-state index < -0.39 is 86.6 Å². The molecule has 0 aromatic heterocycles. The van der Waals surface area contributed by atoms with Crippen LogP contribution in [0.3, 0.4) is 0 Å². The third-order valence-corrected chi connectivity index (χ3v) is 5.00. The molecule has 0 amide bonds. The van der Waals surface area contributed by atoms with E-state index in [0.717, 1.165) is 0 Å². The van der Waals surface area contributed by atoms with Gasteiger partial charge in [0.05, 0.1) is 0 Å². The monoisotopic (exact) mass is 454 g/mol. The Morgan fingerprint density at radius 1 is 0.645 bits per heavy atom. The van der Waals surface area contributed by atoms with Gasteiger partial charge in [-0.25, -0.2) is 0 Å². The van der Waals surface area contributed by atoms with Gasteiger partial charge in [-0.3, -0.25) is 9.59 Å². The topological polar surface area (TPSA) is 202 Å². The second-order valence-electron chi connectivity index (χ2n) is 7.24. The van der Waals surface area contributed by atoms with Gasteiger partial charge in [-0.1, -0.05) is 13.8 Å². The second-order valence-corrected chi connectivity index (χ2v) is 7.24. The van der Waals surface area contributed by atoms with Crippen LogP contribution in [0.1, 0.15) is 26.7 Å². The van der Waals surface area contributed by atoms with E-state index in [1.165, 1.54) is 0 Å². The zero-order chi connectivity index (χ0) is 23.3. The lowest BCUT2D eigenvalue weighted by molar-refractivity contribution is -0.376. The number of hydrogen-bond donors (Lipinski definition) is 6. The quantitative estimate of drug-likeness (QED) is 0.198. The summed E-state index contributed by atoms with van der Waals surface area (Å²) in [6.45, 7) is 2.23. The van der Waals surface area contributed by atoms with Crippen LogP contribution < -0.4 is 0 Å². The zero-order valence-corrected chi connectivity index (χ0v) is 17.1. The maximum absolute atomic E-state index is 11.3. The van der Waals surface area contributed by atoms with Crippen LogP contribution >= 0.6 is 0 Å². The molecule has 0 aromatic rings. The summed E-state index contributed by atoms with van der Waals surface area (Å²) < 4.78 is 25.8. The van der Waals surface area contributed by atoms with Gasteiger partial charge in [0.2, 0.25) is 0 Å². The third-order valence-electron chi connectivity index (χ3n) is 5.00. The summed E-state index contributed by atoms with van der Waals surface area (Å²) in [5.41, 5.74) is 0. The zero-order valence-electron chi connectivity index (χ0n) is 17.1. The third kappa shape index (κ3) is 6.31. The number of esters is 2. The summed E-state index contributed by atoms with van der Waals surface area (Å²) in [6, 6.07) is 0. The minimum Gasteiger partial charge on any atom is -0.463 e. The Labute approximate surface area is 178 Å². The molecule has 0 radical (unpaired) electrons. The van der Waals surface area contributed by atoms with Gasteiger partial charge in [0, 0.05) is 12.8 Å². The summed E-state index contributed by atoms with van der Waals surface area (Å²) in [6.07, 6.45) is -16.0. The molecule has 0 aromatic carbocycles. The summed E-state index contributed by atoms with van der Waals surface area (Å²) in [5, 5.41) is 60.6. The van der Waals surface area contributed by atoms with E-state index in [1.807, 2.05) is 0 Å². The largest absolute Gasteiger partial charge is 0.463 e. The van der Waals surface area contributed by atoms with Crippen LogP contribution in [0.5, 0.6) is 0 Å². The molecular weight excluding hydrogens is 424 g/mol. The molecule has 0 spiro atoms. The van der Waals surface area contributed by atoms with Crippen molar-refractivity contribution >= 4 is 11.9 Å². The molecule has 13 nitrogen and oxygen atoms in total. The molecule has 4 unspecified atom stereocenters. The van der Waals surface area contributed by atoms with Gasteiger partial charge < -0.3 is 54.3 Å². The number of hydrogen-bond acceptors (Lipinski definition) is 13.